The van der Waals surface area contributed by atoms with Crippen molar-refractivity contribution in [3.63, 3.8) is 0 Å². The van der Waals surface area contributed by atoms with Gasteiger partial charge in [-0.05, 0) is 37.5 Å². The summed E-state index contributed by atoms with van der Waals surface area (Å²) >= 11 is 0. The zero-order valence-electron chi connectivity index (χ0n) is 11.7. The lowest BCUT2D eigenvalue weighted by Crippen LogP contribution is -2.21. The lowest BCUT2D eigenvalue weighted by Gasteiger charge is -2.17. The highest BCUT2D eigenvalue weighted by Gasteiger charge is 2.15. The average Bonchev–Trinajstić information content (AvgIpc) is 3.00. The van der Waals surface area contributed by atoms with Crippen molar-refractivity contribution in [1.29, 1.82) is 0 Å². The fraction of sp³-hybridized carbons (Fsp3) is 0.400. The highest BCUT2D eigenvalue weighted by atomic mass is 15.3. The number of anilines is 2. The predicted octanol–water partition coefficient (Wildman–Crippen LogP) is 2.39. The first-order valence-corrected chi connectivity index (χ1v) is 7.05. The van der Waals surface area contributed by atoms with Gasteiger partial charge < -0.3 is 10.2 Å². The van der Waals surface area contributed by atoms with Crippen molar-refractivity contribution in [1.82, 2.24) is 15.0 Å². The fourth-order valence-electron chi connectivity index (χ4n) is 2.40. The molecule has 1 N–H and O–H groups in total. The first kappa shape index (κ1) is 12.8. The Morgan fingerprint density at radius 3 is 2.65 bits per heavy atom. The zero-order valence-corrected chi connectivity index (χ0v) is 11.7. The van der Waals surface area contributed by atoms with Gasteiger partial charge in [0.15, 0.2) is 0 Å². The van der Waals surface area contributed by atoms with Crippen molar-refractivity contribution in [2.45, 2.75) is 26.3 Å². The third kappa shape index (κ3) is 3.04. The molecule has 0 amide bonds. The highest BCUT2D eigenvalue weighted by molar-refractivity contribution is 5.44. The normalized spacial score (nSPS) is 14.6. The molecule has 5 nitrogen and oxygen atoms in total. The van der Waals surface area contributed by atoms with E-state index in [2.05, 4.69) is 25.2 Å². The van der Waals surface area contributed by atoms with Crippen molar-refractivity contribution in [3.8, 4) is 0 Å². The molecule has 0 saturated carbocycles. The molecule has 3 heterocycles. The van der Waals surface area contributed by atoms with Crippen molar-refractivity contribution >= 4 is 11.8 Å². The van der Waals surface area contributed by atoms with E-state index in [9.17, 15) is 0 Å². The molecule has 104 valence electrons. The minimum absolute atomic E-state index is 0.748. The Hall–Kier alpha value is -2.17. The number of hydrogen-bond acceptors (Lipinski definition) is 5. The van der Waals surface area contributed by atoms with E-state index in [0.717, 1.165) is 37.1 Å². The monoisotopic (exact) mass is 269 g/mol. The Morgan fingerprint density at radius 2 is 1.90 bits per heavy atom. The van der Waals surface area contributed by atoms with Gasteiger partial charge in [-0.3, -0.25) is 4.98 Å². The van der Waals surface area contributed by atoms with E-state index in [0.29, 0.717) is 0 Å². The van der Waals surface area contributed by atoms with E-state index in [4.69, 9.17) is 0 Å². The maximum atomic E-state index is 4.62. The summed E-state index contributed by atoms with van der Waals surface area (Å²) in [5, 5.41) is 3.36. The summed E-state index contributed by atoms with van der Waals surface area (Å²) in [5.74, 6) is 1.73. The van der Waals surface area contributed by atoms with E-state index < -0.39 is 0 Å². The number of nitrogens with zero attached hydrogens (tertiary/aromatic N) is 4. The summed E-state index contributed by atoms with van der Waals surface area (Å²) in [4.78, 5) is 15.4. The van der Waals surface area contributed by atoms with Crippen LogP contribution < -0.4 is 10.2 Å². The van der Waals surface area contributed by atoms with Crippen LogP contribution in [0.15, 0.2) is 30.6 Å². The lowest BCUT2D eigenvalue weighted by atomic mass is 10.3. The molecule has 1 aliphatic rings. The summed E-state index contributed by atoms with van der Waals surface area (Å²) in [6.07, 6.45) is 6.07. The molecule has 20 heavy (non-hydrogen) atoms. The molecule has 0 radical (unpaired) electrons. The standard InChI is InChI=1S/C15H19N5/c1-12-10-14(17-11-13-4-6-16-7-5-13)19-15(18-12)20-8-2-3-9-20/h4-7,10H,2-3,8-9,11H2,1H3,(H,17,18,19). The second kappa shape index (κ2) is 5.86. The van der Waals surface area contributed by atoms with Crippen LogP contribution in [0.3, 0.4) is 0 Å². The molecule has 0 atom stereocenters. The topological polar surface area (TPSA) is 53.9 Å². The smallest absolute Gasteiger partial charge is 0.227 e. The molecule has 0 spiro atoms. The number of aromatic nitrogens is 3. The second-order valence-electron chi connectivity index (χ2n) is 5.10. The summed E-state index contributed by atoms with van der Waals surface area (Å²) in [5.41, 5.74) is 2.19. The molecule has 3 rings (SSSR count). The molecule has 2 aromatic heterocycles. The van der Waals surface area contributed by atoms with Crippen LogP contribution >= 0.6 is 0 Å². The van der Waals surface area contributed by atoms with E-state index in [1.807, 2.05) is 25.1 Å². The molecule has 2 aromatic rings. The average molecular weight is 269 g/mol. The van der Waals surface area contributed by atoms with Gasteiger partial charge in [0, 0.05) is 43.8 Å². The van der Waals surface area contributed by atoms with Crippen molar-refractivity contribution in [2.75, 3.05) is 23.3 Å². The fourth-order valence-corrected chi connectivity index (χ4v) is 2.40. The van der Waals surface area contributed by atoms with Crippen molar-refractivity contribution < 1.29 is 0 Å². The third-order valence-electron chi connectivity index (χ3n) is 3.45. The van der Waals surface area contributed by atoms with Crippen molar-refractivity contribution in [3.05, 3.63) is 41.9 Å². The molecule has 1 aliphatic heterocycles. The summed E-state index contributed by atoms with van der Waals surface area (Å²) in [7, 11) is 0. The Labute approximate surface area is 119 Å². The molecular formula is C15H19N5. The highest BCUT2D eigenvalue weighted by Crippen LogP contribution is 2.18. The number of pyridine rings is 1. The summed E-state index contributed by atoms with van der Waals surface area (Å²) < 4.78 is 0. The number of nitrogens with one attached hydrogen (secondary N) is 1. The van der Waals surface area contributed by atoms with E-state index >= 15 is 0 Å². The van der Waals surface area contributed by atoms with Gasteiger partial charge in [-0.15, -0.1) is 0 Å². The quantitative estimate of drug-likeness (QED) is 0.923. The van der Waals surface area contributed by atoms with Crippen molar-refractivity contribution in [2.24, 2.45) is 0 Å². The van der Waals surface area contributed by atoms with Crippen LogP contribution in [0.5, 0.6) is 0 Å². The largest absolute Gasteiger partial charge is 0.366 e. The first-order valence-electron chi connectivity index (χ1n) is 7.05. The summed E-state index contributed by atoms with van der Waals surface area (Å²) in [6, 6.07) is 5.99. The van der Waals surface area contributed by atoms with Gasteiger partial charge in [0.05, 0.1) is 0 Å². The minimum Gasteiger partial charge on any atom is -0.366 e. The van der Waals surface area contributed by atoms with Crippen LogP contribution in [0.4, 0.5) is 11.8 Å². The molecular weight excluding hydrogens is 250 g/mol. The molecule has 5 heteroatoms. The van der Waals surface area contributed by atoms with Gasteiger partial charge in [-0.2, -0.15) is 4.98 Å². The zero-order chi connectivity index (χ0) is 13.8. The van der Waals surface area contributed by atoms with E-state index in [1.165, 1.54) is 18.4 Å². The predicted molar refractivity (Wildman–Crippen MR) is 79.8 cm³/mol. The van der Waals surface area contributed by atoms with E-state index in [1.54, 1.807) is 12.4 Å². The van der Waals surface area contributed by atoms with Crippen LogP contribution in [-0.4, -0.2) is 28.0 Å². The van der Waals surface area contributed by atoms with Gasteiger partial charge in [0.2, 0.25) is 5.95 Å². The SMILES string of the molecule is Cc1cc(NCc2ccncc2)nc(N2CCCC2)n1. The molecule has 0 unspecified atom stereocenters. The van der Waals surface area contributed by atoms with Gasteiger partial charge in [0.1, 0.15) is 5.82 Å². The molecule has 1 saturated heterocycles. The van der Waals surface area contributed by atoms with E-state index in [-0.39, 0.29) is 0 Å². The minimum atomic E-state index is 0.748. The molecule has 1 fully saturated rings. The first-order chi connectivity index (χ1) is 9.81. The molecule has 0 bridgehead atoms. The third-order valence-corrected chi connectivity index (χ3v) is 3.45. The number of rotatable bonds is 4. The maximum Gasteiger partial charge on any atom is 0.227 e. The van der Waals surface area contributed by atoms with Crippen LogP contribution in [0.1, 0.15) is 24.1 Å². The summed E-state index contributed by atoms with van der Waals surface area (Å²) in [6.45, 7) is 4.89. The van der Waals surface area contributed by atoms with Gasteiger partial charge in [-0.1, -0.05) is 0 Å². The van der Waals surface area contributed by atoms with Gasteiger partial charge in [0.25, 0.3) is 0 Å². The second-order valence-corrected chi connectivity index (χ2v) is 5.10. The Bertz CT molecular complexity index is 564. The Morgan fingerprint density at radius 1 is 1.15 bits per heavy atom. The Kier molecular flexibility index (Phi) is 3.76. The van der Waals surface area contributed by atoms with Gasteiger partial charge >= 0.3 is 0 Å². The van der Waals surface area contributed by atoms with Crippen LogP contribution in [0.2, 0.25) is 0 Å². The maximum absolute atomic E-state index is 4.62. The molecule has 0 aliphatic carbocycles. The van der Waals surface area contributed by atoms with Crippen LogP contribution in [0, 0.1) is 6.92 Å². The lowest BCUT2D eigenvalue weighted by molar-refractivity contribution is 0.887. The van der Waals surface area contributed by atoms with Gasteiger partial charge in [-0.25, -0.2) is 4.98 Å². The number of hydrogen-bond donors (Lipinski definition) is 1. The Balaban J connectivity index is 1.72. The van der Waals surface area contributed by atoms with Crippen LogP contribution in [-0.2, 0) is 6.54 Å². The van der Waals surface area contributed by atoms with Crippen LogP contribution in [0.25, 0.3) is 0 Å². The number of aryl methyl sites for hydroxylation is 1. The molecule has 0 aromatic carbocycles.